The zero-order valence-corrected chi connectivity index (χ0v) is 11.8. The number of carbonyl (C=O) groups is 1. The van der Waals surface area contributed by atoms with Crippen molar-refractivity contribution in [2.75, 3.05) is 25.0 Å². The first-order valence-electron chi connectivity index (χ1n) is 7.55. The predicted octanol–water partition coefficient (Wildman–Crippen LogP) is 1.88. The minimum atomic E-state index is 0.0148. The minimum absolute atomic E-state index is 0.0148. The standard InChI is InChI=1S/C16H22N2O2/c19-16(11-17-10-15-5-2-8-20-15)18-14-7-6-12-3-1-4-13(12)9-14/h6-7,9,15,17H,1-5,8,10-11H2,(H,18,19)/t15-/m1/s1. The summed E-state index contributed by atoms with van der Waals surface area (Å²) in [5.41, 5.74) is 3.73. The molecule has 2 aliphatic rings. The van der Waals surface area contributed by atoms with Gasteiger partial charge in [-0.05, 0) is 55.4 Å². The van der Waals surface area contributed by atoms with Gasteiger partial charge < -0.3 is 15.4 Å². The van der Waals surface area contributed by atoms with Gasteiger partial charge in [-0.1, -0.05) is 6.07 Å². The Labute approximate surface area is 119 Å². The van der Waals surface area contributed by atoms with Crippen molar-refractivity contribution in [3.63, 3.8) is 0 Å². The van der Waals surface area contributed by atoms with Gasteiger partial charge in [0.25, 0.3) is 0 Å². The van der Waals surface area contributed by atoms with E-state index in [1.54, 1.807) is 0 Å². The molecule has 0 radical (unpaired) electrons. The van der Waals surface area contributed by atoms with Crippen molar-refractivity contribution in [1.82, 2.24) is 5.32 Å². The molecule has 1 heterocycles. The maximum Gasteiger partial charge on any atom is 0.238 e. The van der Waals surface area contributed by atoms with Crippen LogP contribution in [0.2, 0.25) is 0 Å². The number of rotatable bonds is 5. The molecule has 0 spiro atoms. The first-order valence-corrected chi connectivity index (χ1v) is 7.55. The number of carbonyl (C=O) groups excluding carboxylic acids is 1. The van der Waals surface area contributed by atoms with Crippen molar-refractivity contribution in [2.24, 2.45) is 0 Å². The SMILES string of the molecule is O=C(CNC[C@H]1CCCO1)Nc1ccc2c(c1)CCC2. The number of ether oxygens (including phenoxy) is 1. The largest absolute Gasteiger partial charge is 0.377 e. The maximum absolute atomic E-state index is 11.9. The molecule has 1 atom stereocenters. The molecular weight excluding hydrogens is 252 g/mol. The quantitative estimate of drug-likeness (QED) is 0.862. The molecule has 0 bridgehead atoms. The molecule has 3 rings (SSSR count). The highest BCUT2D eigenvalue weighted by molar-refractivity contribution is 5.92. The van der Waals surface area contributed by atoms with Gasteiger partial charge in [0, 0.05) is 18.8 Å². The highest BCUT2D eigenvalue weighted by Crippen LogP contribution is 2.24. The fourth-order valence-electron chi connectivity index (χ4n) is 3.01. The van der Waals surface area contributed by atoms with Crippen LogP contribution < -0.4 is 10.6 Å². The van der Waals surface area contributed by atoms with Crippen LogP contribution in [0.1, 0.15) is 30.4 Å². The van der Waals surface area contributed by atoms with Gasteiger partial charge in [0.1, 0.15) is 0 Å². The van der Waals surface area contributed by atoms with Crippen LogP contribution in [-0.4, -0.2) is 31.7 Å². The van der Waals surface area contributed by atoms with Crippen molar-refractivity contribution >= 4 is 11.6 Å². The number of hydrogen-bond acceptors (Lipinski definition) is 3. The van der Waals surface area contributed by atoms with E-state index in [1.165, 1.54) is 24.0 Å². The van der Waals surface area contributed by atoms with Crippen molar-refractivity contribution in [1.29, 1.82) is 0 Å². The molecule has 2 N–H and O–H groups in total. The minimum Gasteiger partial charge on any atom is -0.377 e. The molecule has 4 heteroatoms. The van der Waals surface area contributed by atoms with E-state index in [4.69, 9.17) is 4.74 Å². The van der Waals surface area contributed by atoms with E-state index in [1.807, 2.05) is 6.07 Å². The topological polar surface area (TPSA) is 50.4 Å². The lowest BCUT2D eigenvalue weighted by Crippen LogP contribution is -2.33. The summed E-state index contributed by atoms with van der Waals surface area (Å²) in [6.07, 6.45) is 6.05. The smallest absolute Gasteiger partial charge is 0.238 e. The molecule has 4 nitrogen and oxygen atoms in total. The predicted molar refractivity (Wildman–Crippen MR) is 78.9 cm³/mol. The molecule has 0 saturated carbocycles. The molecule has 1 aliphatic carbocycles. The highest BCUT2D eigenvalue weighted by Gasteiger charge is 2.15. The molecule has 1 amide bonds. The van der Waals surface area contributed by atoms with Gasteiger partial charge in [-0.25, -0.2) is 0 Å². The van der Waals surface area contributed by atoms with Crippen LogP contribution in [0.25, 0.3) is 0 Å². The maximum atomic E-state index is 11.9. The Kier molecular flexibility index (Phi) is 4.33. The Morgan fingerprint density at radius 3 is 3.00 bits per heavy atom. The van der Waals surface area contributed by atoms with Gasteiger partial charge in [0.2, 0.25) is 5.91 Å². The third-order valence-electron chi connectivity index (χ3n) is 4.06. The fourth-order valence-corrected chi connectivity index (χ4v) is 3.01. The van der Waals surface area contributed by atoms with E-state index in [-0.39, 0.29) is 12.0 Å². The average Bonchev–Trinajstić information content (AvgIpc) is 3.08. The second kappa shape index (κ2) is 6.37. The summed E-state index contributed by atoms with van der Waals surface area (Å²) in [5, 5.41) is 6.12. The fraction of sp³-hybridized carbons (Fsp3) is 0.562. The normalized spacial score (nSPS) is 20.9. The Hall–Kier alpha value is -1.39. The third-order valence-corrected chi connectivity index (χ3v) is 4.06. The lowest BCUT2D eigenvalue weighted by atomic mass is 10.1. The number of nitrogens with one attached hydrogen (secondary N) is 2. The average molecular weight is 274 g/mol. The summed E-state index contributed by atoms with van der Waals surface area (Å²) in [6.45, 7) is 1.96. The monoisotopic (exact) mass is 274 g/mol. The number of fused-ring (bicyclic) bond motifs is 1. The number of benzene rings is 1. The summed E-state index contributed by atoms with van der Waals surface area (Å²) in [4.78, 5) is 11.9. The van der Waals surface area contributed by atoms with Crippen LogP contribution in [0, 0.1) is 0 Å². The zero-order chi connectivity index (χ0) is 13.8. The van der Waals surface area contributed by atoms with E-state index in [9.17, 15) is 4.79 Å². The van der Waals surface area contributed by atoms with Crippen molar-refractivity contribution in [2.45, 2.75) is 38.2 Å². The summed E-state index contributed by atoms with van der Waals surface area (Å²) in [5.74, 6) is 0.0148. The third kappa shape index (κ3) is 3.38. The Balaban J connectivity index is 1.44. The number of amides is 1. The van der Waals surface area contributed by atoms with Gasteiger partial charge in [0.15, 0.2) is 0 Å². The van der Waals surface area contributed by atoms with Crippen LogP contribution in [0.4, 0.5) is 5.69 Å². The highest BCUT2D eigenvalue weighted by atomic mass is 16.5. The van der Waals surface area contributed by atoms with E-state index in [2.05, 4.69) is 22.8 Å². The second-order valence-corrected chi connectivity index (χ2v) is 5.65. The van der Waals surface area contributed by atoms with Crippen LogP contribution in [0.15, 0.2) is 18.2 Å². The molecule has 20 heavy (non-hydrogen) atoms. The van der Waals surface area contributed by atoms with Crippen molar-refractivity contribution < 1.29 is 9.53 Å². The molecule has 1 aliphatic heterocycles. The van der Waals surface area contributed by atoms with Crippen LogP contribution in [0.5, 0.6) is 0 Å². The summed E-state index contributed by atoms with van der Waals surface area (Å²) in [7, 11) is 0. The number of anilines is 1. The first kappa shape index (κ1) is 13.6. The number of aryl methyl sites for hydroxylation is 2. The van der Waals surface area contributed by atoms with Crippen LogP contribution >= 0.6 is 0 Å². The summed E-state index contributed by atoms with van der Waals surface area (Å²) >= 11 is 0. The lowest BCUT2D eigenvalue weighted by Gasteiger charge is -2.11. The van der Waals surface area contributed by atoms with Gasteiger partial charge in [-0.2, -0.15) is 0 Å². The molecule has 108 valence electrons. The molecule has 0 aromatic heterocycles. The molecular formula is C16H22N2O2. The molecule has 1 aromatic carbocycles. The van der Waals surface area contributed by atoms with Crippen molar-refractivity contribution in [3.8, 4) is 0 Å². The van der Waals surface area contributed by atoms with E-state index in [0.717, 1.165) is 38.1 Å². The second-order valence-electron chi connectivity index (χ2n) is 5.65. The number of hydrogen-bond donors (Lipinski definition) is 2. The van der Waals surface area contributed by atoms with Gasteiger partial charge >= 0.3 is 0 Å². The lowest BCUT2D eigenvalue weighted by molar-refractivity contribution is -0.115. The molecule has 0 unspecified atom stereocenters. The van der Waals surface area contributed by atoms with E-state index < -0.39 is 0 Å². The Morgan fingerprint density at radius 1 is 1.25 bits per heavy atom. The molecule has 1 fully saturated rings. The molecule has 1 aromatic rings. The van der Waals surface area contributed by atoms with Gasteiger partial charge in [0.05, 0.1) is 12.6 Å². The van der Waals surface area contributed by atoms with E-state index >= 15 is 0 Å². The van der Waals surface area contributed by atoms with E-state index in [0.29, 0.717) is 6.54 Å². The van der Waals surface area contributed by atoms with Gasteiger partial charge in [-0.3, -0.25) is 4.79 Å². The first-order chi connectivity index (χ1) is 9.81. The van der Waals surface area contributed by atoms with Gasteiger partial charge in [-0.15, -0.1) is 0 Å². The summed E-state index contributed by atoms with van der Waals surface area (Å²) in [6, 6.07) is 6.25. The Bertz CT molecular complexity index is 481. The van der Waals surface area contributed by atoms with Crippen LogP contribution in [-0.2, 0) is 22.4 Å². The van der Waals surface area contributed by atoms with Crippen molar-refractivity contribution in [3.05, 3.63) is 29.3 Å². The zero-order valence-electron chi connectivity index (χ0n) is 11.8. The molecule has 1 saturated heterocycles. The summed E-state index contributed by atoms with van der Waals surface area (Å²) < 4.78 is 5.51. The van der Waals surface area contributed by atoms with Crippen LogP contribution in [0.3, 0.4) is 0 Å². The Morgan fingerprint density at radius 2 is 2.15 bits per heavy atom.